The van der Waals surface area contributed by atoms with Gasteiger partial charge in [-0.3, -0.25) is 9.88 Å². The molecule has 0 N–H and O–H groups in total. The van der Waals surface area contributed by atoms with Crippen molar-refractivity contribution < 1.29 is 17.9 Å². The molecule has 3 aromatic heterocycles. The maximum atomic E-state index is 13.0. The number of hydrogen-bond donors (Lipinski definition) is 0. The van der Waals surface area contributed by atoms with E-state index in [1.165, 1.54) is 7.11 Å². The molecule has 0 bridgehead atoms. The van der Waals surface area contributed by atoms with E-state index in [-0.39, 0.29) is 17.6 Å². The van der Waals surface area contributed by atoms with E-state index < -0.39 is 11.7 Å². The lowest BCUT2D eigenvalue weighted by atomic mass is 9.83. The predicted molar refractivity (Wildman–Crippen MR) is 106 cm³/mol. The van der Waals surface area contributed by atoms with Crippen LogP contribution >= 0.6 is 0 Å². The number of aryl methyl sites for hydroxylation is 1. The number of pyridine rings is 2. The van der Waals surface area contributed by atoms with Crippen molar-refractivity contribution in [3.63, 3.8) is 0 Å². The summed E-state index contributed by atoms with van der Waals surface area (Å²) in [6, 6.07) is 4.94. The van der Waals surface area contributed by atoms with Gasteiger partial charge in [-0.05, 0) is 37.1 Å². The highest BCUT2D eigenvalue weighted by atomic mass is 19.4. The molecule has 2 atom stereocenters. The number of aromatic nitrogens is 4. The van der Waals surface area contributed by atoms with Crippen LogP contribution in [-0.2, 0) is 19.8 Å². The molecule has 6 nitrogen and oxygen atoms in total. The van der Waals surface area contributed by atoms with Crippen LogP contribution in [0.4, 0.5) is 13.2 Å². The molecule has 2 unspecified atom stereocenters. The first-order chi connectivity index (χ1) is 14.3. The van der Waals surface area contributed by atoms with Crippen LogP contribution in [0.2, 0.25) is 0 Å². The number of fused-ring (bicyclic) bond motifs is 1. The zero-order valence-electron chi connectivity index (χ0n) is 17.1. The van der Waals surface area contributed by atoms with E-state index in [0.29, 0.717) is 12.2 Å². The molecule has 4 rings (SSSR count). The van der Waals surface area contributed by atoms with Crippen molar-refractivity contribution in [2.24, 2.45) is 13.0 Å². The van der Waals surface area contributed by atoms with Gasteiger partial charge in [-0.15, -0.1) is 0 Å². The zero-order valence-corrected chi connectivity index (χ0v) is 17.1. The second-order valence-corrected chi connectivity index (χ2v) is 7.85. The average molecular weight is 418 g/mol. The summed E-state index contributed by atoms with van der Waals surface area (Å²) in [4.78, 5) is 15.4. The fourth-order valence-corrected chi connectivity index (χ4v) is 4.25. The van der Waals surface area contributed by atoms with E-state index in [1.54, 1.807) is 6.20 Å². The molecule has 0 saturated carbocycles. The smallest absolute Gasteiger partial charge is 0.418 e. The Hall–Kier alpha value is -2.68. The molecule has 0 spiro atoms. The van der Waals surface area contributed by atoms with Gasteiger partial charge in [-0.25, -0.2) is 9.97 Å². The van der Waals surface area contributed by atoms with Crippen molar-refractivity contribution in [1.82, 2.24) is 24.4 Å². The van der Waals surface area contributed by atoms with Crippen LogP contribution in [0.25, 0.3) is 11.2 Å². The van der Waals surface area contributed by atoms with Gasteiger partial charge in [0.15, 0.2) is 5.65 Å². The minimum Gasteiger partial charge on any atom is -0.495 e. The molecule has 4 heterocycles. The van der Waals surface area contributed by atoms with Crippen LogP contribution in [0, 0.1) is 5.92 Å². The molecule has 30 heavy (non-hydrogen) atoms. The lowest BCUT2D eigenvalue weighted by Crippen LogP contribution is -2.38. The van der Waals surface area contributed by atoms with Crippen molar-refractivity contribution in [2.75, 3.05) is 20.2 Å². The van der Waals surface area contributed by atoms with Gasteiger partial charge < -0.3 is 9.30 Å². The topological polar surface area (TPSA) is 56.1 Å². The van der Waals surface area contributed by atoms with Crippen molar-refractivity contribution in [3.05, 3.63) is 47.7 Å². The first kappa shape index (κ1) is 20.6. The maximum absolute atomic E-state index is 13.0. The molecule has 0 aromatic carbocycles. The third-order valence-electron chi connectivity index (χ3n) is 5.88. The van der Waals surface area contributed by atoms with E-state index in [1.807, 2.05) is 19.2 Å². The molecule has 160 valence electrons. The fourth-order valence-electron chi connectivity index (χ4n) is 4.25. The summed E-state index contributed by atoms with van der Waals surface area (Å²) in [6.45, 7) is 4.40. The maximum Gasteiger partial charge on any atom is 0.418 e. The lowest BCUT2D eigenvalue weighted by Gasteiger charge is -2.36. The number of nitrogens with zero attached hydrogens (tertiary/aromatic N) is 5. The van der Waals surface area contributed by atoms with Gasteiger partial charge in [-0.2, -0.15) is 13.2 Å². The normalized spacial score (nSPS) is 20.6. The van der Waals surface area contributed by atoms with Gasteiger partial charge >= 0.3 is 6.18 Å². The monoisotopic (exact) mass is 418 g/mol. The molecule has 3 aromatic rings. The van der Waals surface area contributed by atoms with E-state index in [0.717, 1.165) is 48.8 Å². The Kier molecular flexibility index (Phi) is 5.40. The van der Waals surface area contributed by atoms with Crippen LogP contribution in [0.3, 0.4) is 0 Å². The van der Waals surface area contributed by atoms with E-state index in [2.05, 4.69) is 31.3 Å². The Morgan fingerprint density at radius 2 is 2.07 bits per heavy atom. The van der Waals surface area contributed by atoms with E-state index in [9.17, 15) is 13.2 Å². The van der Waals surface area contributed by atoms with E-state index in [4.69, 9.17) is 4.74 Å². The minimum absolute atomic E-state index is 0.0422. The number of hydrogen-bond acceptors (Lipinski definition) is 5. The predicted octanol–water partition coefficient (Wildman–Crippen LogP) is 4.02. The van der Waals surface area contributed by atoms with Gasteiger partial charge in [0.05, 0.1) is 30.4 Å². The SMILES string of the molecule is CC1CN(Cc2nc3ncccc3n2C)CCC1c1ncc(C(F)(F)F)cc1O[11CH3]. The summed E-state index contributed by atoms with van der Waals surface area (Å²) in [5.41, 5.74) is 1.54. The standard InChI is InChI=1S/C21H24F3N5O/c1-13-11-29(12-18-27-20-16(28(18)2)5-4-7-25-20)8-6-15(13)19-17(30-3)9-14(10-26-19)21(22,23)24/h4-5,7,9-10,13,15H,6,8,11-12H2,1-3H3/i3-1. The molecule has 1 aliphatic rings. The summed E-state index contributed by atoms with van der Waals surface area (Å²) >= 11 is 0. The summed E-state index contributed by atoms with van der Waals surface area (Å²) in [7, 11) is 3.37. The highest BCUT2D eigenvalue weighted by Crippen LogP contribution is 2.39. The second kappa shape index (κ2) is 7.86. The third kappa shape index (κ3) is 3.86. The lowest BCUT2D eigenvalue weighted by molar-refractivity contribution is -0.138. The molecule has 0 radical (unpaired) electrons. The first-order valence-electron chi connectivity index (χ1n) is 9.87. The van der Waals surface area contributed by atoms with Crippen molar-refractivity contribution >= 4 is 11.2 Å². The number of piperidine rings is 1. The van der Waals surface area contributed by atoms with Crippen molar-refractivity contribution in [2.45, 2.75) is 32.0 Å². The van der Waals surface area contributed by atoms with Crippen LogP contribution in [0.5, 0.6) is 5.75 Å². The van der Waals surface area contributed by atoms with Crippen LogP contribution in [0.1, 0.15) is 36.3 Å². The Bertz CT molecular complexity index is 1050. The molecular weight excluding hydrogens is 394 g/mol. The van der Waals surface area contributed by atoms with E-state index >= 15 is 0 Å². The molecule has 9 heteroatoms. The van der Waals surface area contributed by atoms with Crippen LogP contribution < -0.4 is 4.74 Å². The number of ether oxygens (including phenoxy) is 1. The second-order valence-electron chi connectivity index (χ2n) is 7.85. The van der Waals surface area contributed by atoms with Gasteiger partial charge in [-0.1, -0.05) is 6.92 Å². The number of rotatable bonds is 4. The summed E-state index contributed by atoms with van der Waals surface area (Å²) in [6.07, 6.45) is -1.01. The summed E-state index contributed by atoms with van der Waals surface area (Å²) < 4.78 is 46.3. The molecule has 1 fully saturated rings. The number of imidazole rings is 1. The molecule has 0 amide bonds. The number of likely N-dealkylation sites (tertiary alicyclic amines) is 1. The highest BCUT2D eigenvalue weighted by Gasteiger charge is 2.35. The highest BCUT2D eigenvalue weighted by molar-refractivity contribution is 5.71. The number of halogens is 3. The average Bonchev–Trinajstić information content (AvgIpc) is 3.03. The summed E-state index contributed by atoms with van der Waals surface area (Å²) in [5.74, 6) is 1.40. The van der Waals surface area contributed by atoms with Gasteiger partial charge in [0.25, 0.3) is 0 Å². The third-order valence-corrected chi connectivity index (χ3v) is 5.88. The summed E-state index contributed by atoms with van der Waals surface area (Å²) in [5, 5.41) is 0. The van der Waals surface area contributed by atoms with Crippen molar-refractivity contribution in [1.29, 1.82) is 0 Å². The van der Waals surface area contributed by atoms with Crippen LogP contribution in [0.15, 0.2) is 30.6 Å². The minimum atomic E-state index is -4.44. The fraction of sp³-hybridized carbons (Fsp3) is 0.476. The van der Waals surface area contributed by atoms with Gasteiger partial charge in [0.2, 0.25) is 0 Å². The number of methoxy groups -OCH3 is 1. The van der Waals surface area contributed by atoms with Gasteiger partial charge in [0, 0.05) is 31.9 Å². The number of alkyl halides is 3. The Labute approximate surface area is 172 Å². The quantitative estimate of drug-likeness (QED) is 0.641. The Balaban J connectivity index is 1.50. The zero-order chi connectivity index (χ0) is 21.5. The van der Waals surface area contributed by atoms with Gasteiger partial charge in [0.1, 0.15) is 11.6 Å². The van der Waals surface area contributed by atoms with Crippen molar-refractivity contribution in [3.8, 4) is 5.75 Å². The molecular formula is C21H24F3N5O. The van der Waals surface area contributed by atoms with Crippen LogP contribution in [-0.4, -0.2) is 44.6 Å². The Morgan fingerprint density at radius 3 is 2.73 bits per heavy atom. The molecule has 0 aliphatic carbocycles. The molecule has 1 saturated heterocycles. The molecule has 1 aliphatic heterocycles. The first-order valence-corrected chi connectivity index (χ1v) is 9.87. The Morgan fingerprint density at radius 1 is 1.27 bits per heavy atom. The largest absolute Gasteiger partial charge is 0.495 e.